The van der Waals surface area contributed by atoms with Gasteiger partial charge in [-0.25, -0.2) is 0 Å². The van der Waals surface area contributed by atoms with Gasteiger partial charge < -0.3 is 20.3 Å². The first-order valence-corrected chi connectivity index (χ1v) is 11.2. The van der Waals surface area contributed by atoms with E-state index >= 15 is 0 Å². The molecule has 2 rings (SSSR count). The highest BCUT2D eigenvalue weighted by Crippen LogP contribution is 2.16. The van der Waals surface area contributed by atoms with Crippen LogP contribution in [0.25, 0.3) is 0 Å². The third-order valence-electron chi connectivity index (χ3n) is 5.58. The van der Waals surface area contributed by atoms with Gasteiger partial charge in [-0.15, -0.1) is 24.0 Å². The summed E-state index contributed by atoms with van der Waals surface area (Å²) in [5.41, 5.74) is 0. The van der Waals surface area contributed by atoms with Crippen molar-refractivity contribution in [1.82, 2.24) is 20.4 Å². The number of ether oxygens (including phenoxy) is 1. The molecular formula is C21H44IN5O. The predicted molar refractivity (Wildman–Crippen MR) is 130 cm³/mol. The molecule has 6 nitrogen and oxygen atoms in total. The number of nitrogens with zero attached hydrogens (tertiary/aromatic N) is 3. The van der Waals surface area contributed by atoms with Crippen LogP contribution in [0.3, 0.4) is 0 Å². The van der Waals surface area contributed by atoms with E-state index < -0.39 is 0 Å². The van der Waals surface area contributed by atoms with Gasteiger partial charge in [0.05, 0.1) is 19.8 Å². The predicted octanol–water partition coefficient (Wildman–Crippen LogP) is 2.64. The number of nitrogens with one attached hydrogen (secondary N) is 2. The van der Waals surface area contributed by atoms with Crippen LogP contribution in [0.15, 0.2) is 4.99 Å². The Morgan fingerprint density at radius 2 is 1.89 bits per heavy atom. The maximum absolute atomic E-state index is 5.53. The van der Waals surface area contributed by atoms with Gasteiger partial charge in [-0.1, -0.05) is 20.8 Å². The Hall–Kier alpha value is -0.120. The number of halogens is 1. The van der Waals surface area contributed by atoms with Gasteiger partial charge in [0.1, 0.15) is 0 Å². The van der Waals surface area contributed by atoms with E-state index in [1.165, 1.54) is 38.9 Å². The lowest BCUT2D eigenvalue weighted by Gasteiger charge is -2.34. The van der Waals surface area contributed by atoms with Crippen LogP contribution in [0.1, 0.15) is 47.0 Å². The van der Waals surface area contributed by atoms with E-state index in [0.29, 0.717) is 12.0 Å². The minimum atomic E-state index is 0. The molecule has 2 aliphatic rings. The van der Waals surface area contributed by atoms with E-state index in [4.69, 9.17) is 9.73 Å². The number of aliphatic imine (C=N–C) groups is 1. The molecule has 2 heterocycles. The van der Waals surface area contributed by atoms with E-state index in [9.17, 15) is 0 Å². The fourth-order valence-corrected chi connectivity index (χ4v) is 4.20. The van der Waals surface area contributed by atoms with Crippen molar-refractivity contribution in [3.63, 3.8) is 0 Å². The fraction of sp³-hybridized carbons (Fsp3) is 0.952. The van der Waals surface area contributed by atoms with Crippen LogP contribution in [0.2, 0.25) is 0 Å². The normalized spacial score (nSPS) is 22.9. The summed E-state index contributed by atoms with van der Waals surface area (Å²) in [6.07, 6.45) is 3.75. The molecule has 166 valence electrons. The van der Waals surface area contributed by atoms with Gasteiger partial charge in [0, 0.05) is 38.8 Å². The van der Waals surface area contributed by atoms with Crippen LogP contribution in [-0.2, 0) is 4.74 Å². The van der Waals surface area contributed by atoms with Crippen molar-refractivity contribution in [2.45, 2.75) is 53.0 Å². The number of likely N-dealkylation sites (tertiary alicyclic amines) is 1. The van der Waals surface area contributed by atoms with Crippen molar-refractivity contribution in [3.8, 4) is 0 Å². The molecule has 0 spiro atoms. The van der Waals surface area contributed by atoms with Crippen LogP contribution >= 0.6 is 24.0 Å². The van der Waals surface area contributed by atoms with Crippen molar-refractivity contribution in [1.29, 1.82) is 0 Å². The maximum atomic E-state index is 5.53. The van der Waals surface area contributed by atoms with Gasteiger partial charge >= 0.3 is 0 Å². The highest BCUT2D eigenvalue weighted by Gasteiger charge is 2.23. The van der Waals surface area contributed by atoms with E-state index in [-0.39, 0.29) is 24.0 Å². The number of hydrogen-bond acceptors (Lipinski definition) is 4. The molecular weight excluding hydrogens is 465 g/mol. The van der Waals surface area contributed by atoms with E-state index in [2.05, 4.69) is 48.1 Å². The molecule has 0 aromatic rings. The minimum Gasteiger partial charge on any atom is -0.379 e. The topological polar surface area (TPSA) is 52.1 Å². The van der Waals surface area contributed by atoms with Crippen LogP contribution < -0.4 is 10.6 Å². The SMILES string of the molecule is CCCN1CCC(CNC(=NCC(CC(C)C)N2CCOCC2)NCC)C1.I. The summed E-state index contributed by atoms with van der Waals surface area (Å²) in [7, 11) is 0. The second-order valence-corrected chi connectivity index (χ2v) is 8.49. The van der Waals surface area contributed by atoms with Gasteiger partial charge in [0.15, 0.2) is 5.96 Å². The van der Waals surface area contributed by atoms with E-state index in [1.807, 2.05) is 0 Å². The maximum Gasteiger partial charge on any atom is 0.191 e. The molecule has 2 fully saturated rings. The third-order valence-corrected chi connectivity index (χ3v) is 5.58. The minimum absolute atomic E-state index is 0. The first-order chi connectivity index (χ1) is 13.1. The average molecular weight is 510 g/mol. The molecule has 2 saturated heterocycles. The lowest BCUT2D eigenvalue weighted by molar-refractivity contribution is 0.0143. The lowest BCUT2D eigenvalue weighted by Crippen LogP contribution is -2.46. The molecule has 0 bridgehead atoms. The molecule has 2 atom stereocenters. The number of hydrogen-bond donors (Lipinski definition) is 2. The molecule has 0 radical (unpaired) electrons. The molecule has 2 aliphatic heterocycles. The third kappa shape index (κ3) is 9.59. The van der Waals surface area contributed by atoms with Gasteiger partial charge in [-0.05, 0) is 51.1 Å². The standard InChI is InChI=1S/C21H43N5O.HI/c1-5-8-25-9-7-19(17-25)15-23-21(22-6-2)24-16-20(14-18(3)4)26-10-12-27-13-11-26;/h18-20H,5-17H2,1-4H3,(H2,22,23,24);1H. The summed E-state index contributed by atoms with van der Waals surface area (Å²) >= 11 is 0. The largest absolute Gasteiger partial charge is 0.379 e. The van der Waals surface area contributed by atoms with Crippen molar-refractivity contribution >= 4 is 29.9 Å². The molecule has 0 aromatic carbocycles. The monoisotopic (exact) mass is 509 g/mol. The molecule has 0 aliphatic carbocycles. The highest BCUT2D eigenvalue weighted by atomic mass is 127. The van der Waals surface area contributed by atoms with Crippen molar-refractivity contribution in [3.05, 3.63) is 0 Å². The fourth-order valence-electron chi connectivity index (χ4n) is 4.20. The van der Waals surface area contributed by atoms with Gasteiger partial charge in [0.25, 0.3) is 0 Å². The summed E-state index contributed by atoms with van der Waals surface area (Å²) in [5, 5.41) is 7.04. The van der Waals surface area contributed by atoms with Crippen LogP contribution in [0, 0.1) is 11.8 Å². The number of rotatable bonds is 10. The van der Waals surface area contributed by atoms with Crippen LogP contribution in [0.5, 0.6) is 0 Å². The Balaban J connectivity index is 0.00000392. The highest BCUT2D eigenvalue weighted by molar-refractivity contribution is 14.0. The summed E-state index contributed by atoms with van der Waals surface area (Å²) in [6.45, 7) is 19.3. The van der Waals surface area contributed by atoms with Gasteiger partial charge in [-0.3, -0.25) is 9.89 Å². The smallest absolute Gasteiger partial charge is 0.191 e. The van der Waals surface area contributed by atoms with Gasteiger partial charge in [0.2, 0.25) is 0 Å². The molecule has 0 aromatic heterocycles. The molecule has 2 N–H and O–H groups in total. The number of guanidine groups is 1. The van der Waals surface area contributed by atoms with Crippen molar-refractivity contribution in [2.75, 3.05) is 65.6 Å². The zero-order valence-corrected chi connectivity index (χ0v) is 20.9. The number of morpholine rings is 1. The van der Waals surface area contributed by atoms with Crippen molar-refractivity contribution < 1.29 is 4.74 Å². The second kappa shape index (κ2) is 14.8. The van der Waals surface area contributed by atoms with Crippen LogP contribution in [-0.4, -0.2) is 87.4 Å². The Bertz CT molecular complexity index is 429. The van der Waals surface area contributed by atoms with Crippen molar-refractivity contribution in [2.24, 2.45) is 16.8 Å². The zero-order valence-electron chi connectivity index (χ0n) is 18.6. The summed E-state index contributed by atoms with van der Waals surface area (Å²) < 4.78 is 5.53. The van der Waals surface area contributed by atoms with Crippen LogP contribution in [0.4, 0.5) is 0 Å². The molecule has 2 unspecified atom stereocenters. The van der Waals surface area contributed by atoms with E-state index in [0.717, 1.165) is 57.8 Å². The molecule has 28 heavy (non-hydrogen) atoms. The average Bonchev–Trinajstić information content (AvgIpc) is 3.11. The molecule has 0 amide bonds. The van der Waals surface area contributed by atoms with E-state index in [1.54, 1.807) is 0 Å². The lowest BCUT2D eigenvalue weighted by atomic mass is 10.0. The summed E-state index contributed by atoms with van der Waals surface area (Å²) in [4.78, 5) is 10.1. The summed E-state index contributed by atoms with van der Waals surface area (Å²) in [5.74, 6) is 2.41. The Morgan fingerprint density at radius 1 is 1.14 bits per heavy atom. The summed E-state index contributed by atoms with van der Waals surface area (Å²) in [6, 6.07) is 0.510. The first kappa shape index (κ1) is 25.9. The second-order valence-electron chi connectivity index (χ2n) is 8.49. The molecule has 7 heteroatoms. The molecule has 0 saturated carbocycles. The van der Waals surface area contributed by atoms with Gasteiger partial charge in [-0.2, -0.15) is 0 Å². The quantitative estimate of drug-likeness (QED) is 0.270. The Kier molecular flexibility index (Phi) is 13.7. The Labute approximate surface area is 190 Å². The Morgan fingerprint density at radius 3 is 2.54 bits per heavy atom. The zero-order chi connectivity index (χ0) is 19.5. The first-order valence-electron chi connectivity index (χ1n) is 11.2.